The van der Waals surface area contributed by atoms with Crippen molar-refractivity contribution in [3.63, 3.8) is 0 Å². The monoisotopic (exact) mass is 350 g/mol. The maximum absolute atomic E-state index is 13.5. The van der Waals surface area contributed by atoms with E-state index < -0.39 is 0 Å². The van der Waals surface area contributed by atoms with E-state index in [0.717, 1.165) is 10.9 Å². The molecule has 2 heterocycles. The molecule has 4 rings (SSSR count). The van der Waals surface area contributed by atoms with E-state index in [4.69, 9.17) is 17.3 Å². The third-order valence-electron chi connectivity index (χ3n) is 3.82. The Kier molecular flexibility index (Phi) is 3.78. The molecule has 4 nitrogen and oxygen atoms in total. The Morgan fingerprint density at radius 2 is 1.64 bits per heavy atom. The molecule has 0 amide bonds. The normalized spacial score (nSPS) is 11.0. The number of rotatable bonds is 2. The molecule has 122 valence electrons. The molecule has 25 heavy (non-hydrogen) atoms. The zero-order valence-corrected chi connectivity index (χ0v) is 13.7. The Bertz CT molecular complexity index is 1100. The predicted molar refractivity (Wildman–Crippen MR) is 97.6 cm³/mol. The zero-order valence-electron chi connectivity index (χ0n) is 12.9. The average molecular weight is 351 g/mol. The number of halogens is 2. The van der Waals surface area contributed by atoms with E-state index in [2.05, 4.69) is 15.0 Å². The second kappa shape index (κ2) is 6.11. The summed E-state index contributed by atoms with van der Waals surface area (Å²) in [5.74, 6) is -0.261. The molecule has 0 saturated carbocycles. The first-order valence-electron chi connectivity index (χ1n) is 7.56. The van der Waals surface area contributed by atoms with Crippen LogP contribution in [-0.2, 0) is 0 Å². The summed E-state index contributed by atoms with van der Waals surface area (Å²) in [4.78, 5) is 12.9. The third kappa shape index (κ3) is 3.02. The molecule has 2 N–H and O–H groups in total. The van der Waals surface area contributed by atoms with Crippen molar-refractivity contribution in [1.29, 1.82) is 0 Å². The molecule has 2 aromatic carbocycles. The number of nitrogen functional groups attached to an aromatic ring is 1. The summed E-state index contributed by atoms with van der Waals surface area (Å²) in [7, 11) is 0. The largest absolute Gasteiger partial charge is 0.368 e. The average Bonchev–Trinajstić information content (AvgIpc) is 2.60. The highest BCUT2D eigenvalue weighted by Crippen LogP contribution is 2.31. The number of pyridine rings is 1. The molecule has 0 aliphatic carbocycles. The summed E-state index contributed by atoms with van der Waals surface area (Å²) in [6.45, 7) is 0. The molecule has 0 fully saturated rings. The fourth-order valence-corrected chi connectivity index (χ4v) is 2.91. The van der Waals surface area contributed by atoms with Gasteiger partial charge in [0.15, 0.2) is 0 Å². The van der Waals surface area contributed by atoms with Crippen LogP contribution in [0.15, 0.2) is 60.7 Å². The van der Waals surface area contributed by atoms with Gasteiger partial charge in [0.25, 0.3) is 0 Å². The van der Waals surface area contributed by atoms with E-state index in [1.165, 1.54) is 12.1 Å². The van der Waals surface area contributed by atoms with Gasteiger partial charge in [0.05, 0.1) is 16.9 Å². The smallest absolute Gasteiger partial charge is 0.221 e. The minimum absolute atomic E-state index is 0.0842. The van der Waals surface area contributed by atoms with Gasteiger partial charge >= 0.3 is 0 Å². The van der Waals surface area contributed by atoms with Gasteiger partial charge in [-0.1, -0.05) is 41.9 Å². The zero-order chi connectivity index (χ0) is 17.4. The Hall–Kier alpha value is -3.05. The molecule has 6 heteroatoms. The van der Waals surface area contributed by atoms with E-state index in [1.54, 1.807) is 18.2 Å². The summed E-state index contributed by atoms with van der Waals surface area (Å²) in [5, 5.41) is 1.26. The molecule has 0 spiro atoms. The van der Waals surface area contributed by atoms with Gasteiger partial charge in [-0.05, 0) is 30.3 Å². The Balaban J connectivity index is 1.90. The molecule has 0 aliphatic heterocycles. The van der Waals surface area contributed by atoms with E-state index in [9.17, 15) is 4.39 Å². The summed E-state index contributed by atoms with van der Waals surface area (Å²) in [6.07, 6.45) is 0. The van der Waals surface area contributed by atoms with E-state index >= 15 is 0 Å². The number of anilines is 1. The van der Waals surface area contributed by atoms with Crippen LogP contribution in [0.4, 0.5) is 10.3 Å². The lowest BCUT2D eigenvalue weighted by Crippen LogP contribution is -1.99. The van der Waals surface area contributed by atoms with Crippen LogP contribution in [-0.4, -0.2) is 15.0 Å². The van der Waals surface area contributed by atoms with Gasteiger partial charge in [-0.15, -0.1) is 0 Å². The number of hydrogen-bond donors (Lipinski definition) is 1. The van der Waals surface area contributed by atoms with Gasteiger partial charge in [-0.3, -0.25) is 0 Å². The highest BCUT2D eigenvalue weighted by atomic mass is 35.5. The topological polar surface area (TPSA) is 64.7 Å². The van der Waals surface area contributed by atoms with Crippen molar-refractivity contribution in [2.24, 2.45) is 0 Å². The molecule has 4 aromatic rings. The second-order valence-corrected chi connectivity index (χ2v) is 5.88. The van der Waals surface area contributed by atoms with Crippen LogP contribution < -0.4 is 5.73 Å². The highest BCUT2D eigenvalue weighted by molar-refractivity contribution is 6.32. The van der Waals surface area contributed by atoms with Crippen LogP contribution in [0.25, 0.3) is 33.4 Å². The van der Waals surface area contributed by atoms with Crippen LogP contribution in [0.5, 0.6) is 0 Å². The van der Waals surface area contributed by atoms with Crippen molar-refractivity contribution in [2.75, 3.05) is 5.73 Å². The first kappa shape index (κ1) is 15.5. The number of benzene rings is 2. The summed E-state index contributed by atoms with van der Waals surface area (Å²) >= 11 is 6.34. The van der Waals surface area contributed by atoms with Gasteiger partial charge in [-0.25, -0.2) is 19.3 Å². The molecular formula is C19H12ClFN4. The van der Waals surface area contributed by atoms with Crippen LogP contribution in [0, 0.1) is 5.82 Å². The number of aromatic nitrogens is 3. The predicted octanol–water partition coefficient (Wildman–Crippen LogP) is 4.73. The summed E-state index contributed by atoms with van der Waals surface area (Å²) < 4.78 is 13.5. The van der Waals surface area contributed by atoms with Crippen molar-refractivity contribution in [3.05, 3.63) is 71.6 Å². The van der Waals surface area contributed by atoms with Crippen molar-refractivity contribution in [1.82, 2.24) is 15.0 Å². The first-order valence-corrected chi connectivity index (χ1v) is 7.94. The summed E-state index contributed by atoms with van der Waals surface area (Å²) in [5.41, 5.74) is 8.96. The fraction of sp³-hybridized carbons (Fsp3) is 0. The lowest BCUT2D eigenvalue weighted by molar-refractivity contribution is 0.628. The molecular weight excluding hydrogens is 339 g/mol. The number of para-hydroxylation sites is 1. The Morgan fingerprint density at radius 1 is 0.840 bits per heavy atom. The fourth-order valence-electron chi connectivity index (χ4n) is 2.67. The van der Waals surface area contributed by atoms with Gasteiger partial charge in [-0.2, -0.15) is 0 Å². The number of nitrogens with zero attached hydrogens (tertiary/aromatic N) is 3. The third-order valence-corrected chi connectivity index (χ3v) is 4.11. The van der Waals surface area contributed by atoms with Crippen molar-refractivity contribution >= 4 is 28.5 Å². The number of fused-ring (bicyclic) bond motifs is 1. The van der Waals surface area contributed by atoms with Crippen LogP contribution >= 0.6 is 11.6 Å². The number of nitrogens with two attached hydrogens (primary N) is 1. The van der Waals surface area contributed by atoms with Crippen LogP contribution in [0.3, 0.4) is 0 Å². The number of hydrogen-bond acceptors (Lipinski definition) is 4. The highest BCUT2D eigenvalue weighted by Gasteiger charge is 2.12. The lowest BCUT2D eigenvalue weighted by atomic mass is 10.1. The molecule has 2 aromatic heterocycles. The van der Waals surface area contributed by atoms with Gasteiger partial charge in [0, 0.05) is 16.5 Å². The lowest BCUT2D eigenvalue weighted by Gasteiger charge is -2.09. The van der Waals surface area contributed by atoms with Gasteiger partial charge in [0.2, 0.25) is 5.95 Å². The van der Waals surface area contributed by atoms with Crippen LogP contribution in [0.1, 0.15) is 0 Å². The van der Waals surface area contributed by atoms with Gasteiger partial charge in [0.1, 0.15) is 11.0 Å². The van der Waals surface area contributed by atoms with Crippen molar-refractivity contribution < 1.29 is 4.39 Å². The van der Waals surface area contributed by atoms with Crippen molar-refractivity contribution in [3.8, 4) is 22.5 Å². The quantitative estimate of drug-likeness (QED) is 0.531. The minimum Gasteiger partial charge on any atom is -0.368 e. The minimum atomic E-state index is -0.346. The molecule has 0 unspecified atom stereocenters. The SMILES string of the molecule is Nc1nc(-c2cccc(F)c2)cc(-c2cc3ccccc3nc2Cl)n1. The molecule has 0 aliphatic rings. The van der Waals surface area contributed by atoms with E-state index in [0.29, 0.717) is 27.7 Å². The molecule has 0 bridgehead atoms. The Morgan fingerprint density at radius 3 is 2.48 bits per heavy atom. The maximum atomic E-state index is 13.5. The van der Waals surface area contributed by atoms with Crippen molar-refractivity contribution in [2.45, 2.75) is 0 Å². The standard InChI is InChI=1S/C19H12ClFN4/c20-18-14(9-12-4-1-2-7-15(12)23-18)17-10-16(24-19(22)25-17)11-5-3-6-13(21)8-11/h1-10H,(H2,22,24,25). The van der Waals surface area contributed by atoms with Crippen LogP contribution in [0.2, 0.25) is 5.15 Å². The molecule has 0 atom stereocenters. The molecule has 0 saturated heterocycles. The van der Waals surface area contributed by atoms with E-state index in [-0.39, 0.29) is 11.8 Å². The first-order chi connectivity index (χ1) is 12.1. The van der Waals surface area contributed by atoms with E-state index in [1.807, 2.05) is 30.3 Å². The second-order valence-electron chi connectivity index (χ2n) is 5.53. The summed E-state index contributed by atoms with van der Waals surface area (Å²) in [6, 6.07) is 17.4. The maximum Gasteiger partial charge on any atom is 0.221 e. The van der Waals surface area contributed by atoms with Gasteiger partial charge < -0.3 is 5.73 Å². The Labute approximate surface area is 148 Å². The molecule has 0 radical (unpaired) electrons.